The number of aliphatic hydroxyl groups is 2. The number of carbonyl (C=O) groups is 2. The van der Waals surface area contributed by atoms with Gasteiger partial charge in [-0.25, -0.2) is 4.39 Å². The van der Waals surface area contributed by atoms with Crippen LogP contribution in [0.3, 0.4) is 0 Å². The molecule has 5 nitrogen and oxygen atoms in total. The maximum absolute atomic E-state index is 14.5. The van der Waals surface area contributed by atoms with E-state index < -0.39 is 29.3 Å². The summed E-state index contributed by atoms with van der Waals surface area (Å²) in [5, 5.41) is 20.3. The highest BCUT2D eigenvalue weighted by atomic mass is 35.5. The molecule has 0 aliphatic carbocycles. The van der Waals surface area contributed by atoms with Gasteiger partial charge < -0.3 is 15.1 Å². The summed E-state index contributed by atoms with van der Waals surface area (Å²) >= 11 is 5.85. The van der Waals surface area contributed by atoms with Gasteiger partial charge >= 0.3 is 0 Å². The van der Waals surface area contributed by atoms with Crippen LogP contribution in [-0.4, -0.2) is 40.0 Å². The Morgan fingerprint density at radius 3 is 2.41 bits per heavy atom. The third-order valence-electron chi connectivity index (χ3n) is 4.41. The minimum absolute atomic E-state index is 0.0530. The number of carbonyl (C=O) groups excluding carboxylic acids is 2. The van der Waals surface area contributed by atoms with E-state index in [-0.39, 0.29) is 30.7 Å². The first-order valence-corrected chi connectivity index (χ1v) is 8.73. The molecule has 2 aromatic rings. The molecule has 1 fully saturated rings. The molecule has 0 bridgehead atoms. The van der Waals surface area contributed by atoms with Crippen LogP contribution in [0, 0.1) is 5.82 Å². The first-order valence-electron chi connectivity index (χ1n) is 8.35. The van der Waals surface area contributed by atoms with E-state index in [0.717, 1.165) is 0 Å². The van der Waals surface area contributed by atoms with Gasteiger partial charge in [0.1, 0.15) is 11.6 Å². The molecule has 2 aromatic carbocycles. The van der Waals surface area contributed by atoms with Crippen molar-refractivity contribution in [3.8, 4) is 0 Å². The van der Waals surface area contributed by atoms with E-state index in [2.05, 4.69) is 0 Å². The van der Waals surface area contributed by atoms with Crippen LogP contribution >= 0.6 is 11.6 Å². The number of nitrogens with zero attached hydrogens (tertiary/aromatic N) is 1. The molecular formula is C20H17ClFNO4. The van der Waals surface area contributed by atoms with Gasteiger partial charge in [0.25, 0.3) is 11.7 Å². The van der Waals surface area contributed by atoms with Gasteiger partial charge in [-0.1, -0.05) is 29.8 Å². The number of aliphatic hydroxyl groups excluding tert-OH is 2. The van der Waals surface area contributed by atoms with E-state index in [1.54, 1.807) is 6.07 Å². The Morgan fingerprint density at radius 1 is 1.11 bits per heavy atom. The lowest BCUT2D eigenvalue weighted by atomic mass is 9.95. The summed E-state index contributed by atoms with van der Waals surface area (Å²) in [7, 11) is 0. The highest BCUT2D eigenvalue weighted by Gasteiger charge is 2.46. The van der Waals surface area contributed by atoms with Gasteiger partial charge in [-0.05, 0) is 36.8 Å². The zero-order valence-corrected chi connectivity index (χ0v) is 15.0. The lowest BCUT2D eigenvalue weighted by Gasteiger charge is -2.25. The molecule has 1 aliphatic rings. The Balaban J connectivity index is 2.18. The van der Waals surface area contributed by atoms with E-state index >= 15 is 0 Å². The van der Waals surface area contributed by atoms with Crippen molar-refractivity contribution in [1.82, 2.24) is 4.90 Å². The third-order valence-corrected chi connectivity index (χ3v) is 4.67. The average Bonchev–Trinajstić information content (AvgIpc) is 2.91. The number of amides is 1. The van der Waals surface area contributed by atoms with Crippen LogP contribution in [0.15, 0.2) is 54.1 Å². The summed E-state index contributed by atoms with van der Waals surface area (Å²) in [4.78, 5) is 26.3. The van der Waals surface area contributed by atoms with Gasteiger partial charge in [-0.15, -0.1) is 0 Å². The second-order valence-electron chi connectivity index (χ2n) is 6.10. The summed E-state index contributed by atoms with van der Waals surface area (Å²) in [6.07, 6.45) is 0.221. The van der Waals surface area contributed by atoms with Crippen LogP contribution in [0.25, 0.3) is 5.76 Å². The van der Waals surface area contributed by atoms with Crippen molar-refractivity contribution >= 4 is 29.1 Å². The number of hydrogen-bond donors (Lipinski definition) is 2. The number of Topliss-reactive ketones (excluding diaryl/α,β-unsaturated/α-hetero) is 1. The molecule has 0 aromatic heterocycles. The zero-order chi connectivity index (χ0) is 19.6. The molecule has 2 N–H and O–H groups in total. The highest BCUT2D eigenvalue weighted by molar-refractivity contribution is 6.46. The molecule has 27 heavy (non-hydrogen) atoms. The summed E-state index contributed by atoms with van der Waals surface area (Å²) in [5.41, 5.74) is 0.205. The topological polar surface area (TPSA) is 77.8 Å². The number of ketones is 1. The standard InChI is InChI=1S/C20H17ClFNO4/c21-13-8-6-12(7-9-13)18(25)16-17(14-4-1-2-5-15(14)22)23(10-3-11-24)20(27)19(16)26/h1-2,4-9,17,24-25H,3,10-11H2/t17-/m1/s1. The molecule has 1 aliphatic heterocycles. The van der Waals surface area contributed by atoms with Crippen LogP contribution in [0.2, 0.25) is 5.02 Å². The Bertz CT molecular complexity index is 910. The van der Waals surface area contributed by atoms with E-state index in [9.17, 15) is 19.1 Å². The first kappa shape index (κ1) is 19.1. The molecule has 1 amide bonds. The Morgan fingerprint density at radius 2 is 1.78 bits per heavy atom. The molecular weight excluding hydrogens is 373 g/mol. The quantitative estimate of drug-likeness (QED) is 0.467. The van der Waals surface area contributed by atoms with Crippen LogP contribution in [0.5, 0.6) is 0 Å². The molecule has 0 saturated carbocycles. The van der Waals surface area contributed by atoms with E-state index in [4.69, 9.17) is 16.7 Å². The number of benzene rings is 2. The van der Waals surface area contributed by atoms with Crippen molar-refractivity contribution in [1.29, 1.82) is 0 Å². The second kappa shape index (κ2) is 7.90. The minimum Gasteiger partial charge on any atom is -0.507 e. The Kier molecular flexibility index (Phi) is 5.58. The van der Waals surface area contributed by atoms with E-state index in [1.807, 2.05) is 0 Å². The number of rotatable bonds is 5. The Hall–Kier alpha value is -2.70. The van der Waals surface area contributed by atoms with Crippen LogP contribution < -0.4 is 0 Å². The second-order valence-corrected chi connectivity index (χ2v) is 6.53. The molecule has 1 saturated heterocycles. The molecule has 3 rings (SSSR count). The van der Waals surface area contributed by atoms with E-state index in [1.165, 1.54) is 47.4 Å². The van der Waals surface area contributed by atoms with Gasteiger partial charge in [0.15, 0.2) is 0 Å². The van der Waals surface area contributed by atoms with Gasteiger partial charge in [-0.3, -0.25) is 9.59 Å². The predicted molar refractivity (Wildman–Crippen MR) is 98.6 cm³/mol. The molecule has 1 atom stereocenters. The summed E-state index contributed by atoms with van der Waals surface area (Å²) in [5.74, 6) is -2.73. The molecule has 0 radical (unpaired) electrons. The van der Waals surface area contributed by atoms with Crippen molar-refractivity contribution in [3.63, 3.8) is 0 Å². The van der Waals surface area contributed by atoms with Crippen LogP contribution in [0.1, 0.15) is 23.6 Å². The van der Waals surface area contributed by atoms with Gasteiger partial charge in [0, 0.05) is 29.3 Å². The van der Waals surface area contributed by atoms with E-state index in [0.29, 0.717) is 10.6 Å². The van der Waals surface area contributed by atoms with Crippen LogP contribution in [0.4, 0.5) is 4.39 Å². The zero-order valence-electron chi connectivity index (χ0n) is 14.2. The summed E-state index contributed by atoms with van der Waals surface area (Å²) in [6.45, 7) is -0.137. The maximum atomic E-state index is 14.5. The third kappa shape index (κ3) is 3.59. The van der Waals surface area contributed by atoms with Crippen molar-refractivity contribution in [2.24, 2.45) is 0 Å². The molecule has 7 heteroatoms. The fourth-order valence-corrected chi connectivity index (χ4v) is 3.26. The van der Waals surface area contributed by atoms with Gasteiger partial charge in [0.2, 0.25) is 0 Å². The highest BCUT2D eigenvalue weighted by Crippen LogP contribution is 2.40. The lowest BCUT2D eigenvalue weighted by Crippen LogP contribution is -2.31. The van der Waals surface area contributed by atoms with Crippen molar-refractivity contribution in [2.45, 2.75) is 12.5 Å². The first-order chi connectivity index (χ1) is 13.0. The molecule has 0 unspecified atom stereocenters. The monoisotopic (exact) mass is 389 g/mol. The fraction of sp³-hybridized carbons (Fsp3) is 0.200. The molecule has 1 heterocycles. The molecule has 0 spiro atoms. The van der Waals surface area contributed by atoms with Crippen LogP contribution in [-0.2, 0) is 9.59 Å². The SMILES string of the molecule is O=C1C(=O)N(CCCO)[C@H](c2ccccc2F)C1=C(O)c1ccc(Cl)cc1. The number of likely N-dealkylation sites (tertiary alicyclic amines) is 1. The fourth-order valence-electron chi connectivity index (χ4n) is 3.14. The number of halogens is 2. The largest absolute Gasteiger partial charge is 0.507 e. The van der Waals surface area contributed by atoms with Crippen molar-refractivity contribution < 1.29 is 24.2 Å². The van der Waals surface area contributed by atoms with Crippen molar-refractivity contribution in [2.75, 3.05) is 13.2 Å². The maximum Gasteiger partial charge on any atom is 0.295 e. The lowest BCUT2D eigenvalue weighted by molar-refractivity contribution is -0.140. The average molecular weight is 390 g/mol. The van der Waals surface area contributed by atoms with Crippen molar-refractivity contribution in [3.05, 3.63) is 76.1 Å². The molecule has 140 valence electrons. The minimum atomic E-state index is -1.08. The summed E-state index contributed by atoms with van der Waals surface area (Å²) in [6, 6.07) is 10.8. The van der Waals surface area contributed by atoms with Gasteiger partial charge in [0.05, 0.1) is 11.6 Å². The predicted octanol–water partition coefficient (Wildman–Crippen LogP) is 3.28. The Labute approximate surface area is 160 Å². The summed E-state index contributed by atoms with van der Waals surface area (Å²) < 4.78 is 14.5. The smallest absolute Gasteiger partial charge is 0.295 e. The number of hydrogen-bond acceptors (Lipinski definition) is 4. The van der Waals surface area contributed by atoms with Gasteiger partial charge in [-0.2, -0.15) is 0 Å². The normalized spacial score (nSPS) is 18.9.